The highest BCUT2D eigenvalue weighted by Gasteiger charge is 2.09. The van der Waals surface area contributed by atoms with Crippen molar-refractivity contribution in [3.8, 4) is 17.2 Å². The minimum Gasteiger partial charge on any atom is -0.507 e. The number of rotatable bonds is 5. The second kappa shape index (κ2) is 7.00. The van der Waals surface area contributed by atoms with Crippen molar-refractivity contribution in [1.82, 2.24) is 0 Å². The fourth-order valence-electron chi connectivity index (χ4n) is 1.92. The molecule has 0 aliphatic heterocycles. The van der Waals surface area contributed by atoms with Crippen molar-refractivity contribution >= 4 is 23.5 Å². The van der Waals surface area contributed by atoms with Gasteiger partial charge in [-0.25, -0.2) is 0 Å². The van der Waals surface area contributed by atoms with E-state index >= 15 is 0 Å². The van der Waals surface area contributed by atoms with Gasteiger partial charge in [0.2, 0.25) is 0 Å². The Morgan fingerprint density at radius 1 is 1.09 bits per heavy atom. The van der Waals surface area contributed by atoms with Crippen molar-refractivity contribution in [3.05, 3.63) is 58.6 Å². The van der Waals surface area contributed by atoms with Crippen molar-refractivity contribution in [2.75, 3.05) is 14.2 Å². The van der Waals surface area contributed by atoms with E-state index in [1.807, 2.05) is 0 Å². The van der Waals surface area contributed by atoms with Crippen LogP contribution in [0.25, 0.3) is 6.08 Å². The molecule has 0 unspecified atom stereocenters. The van der Waals surface area contributed by atoms with Gasteiger partial charge in [0.1, 0.15) is 5.75 Å². The Morgan fingerprint density at radius 2 is 1.82 bits per heavy atom. The van der Waals surface area contributed by atoms with Crippen LogP contribution in [0, 0.1) is 0 Å². The van der Waals surface area contributed by atoms with Crippen molar-refractivity contribution < 1.29 is 19.4 Å². The number of allylic oxidation sites excluding steroid dienone is 1. The van der Waals surface area contributed by atoms with Gasteiger partial charge in [0.25, 0.3) is 0 Å². The summed E-state index contributed by atoms with van der Waals surface area (Å²) >= 11 is 5.83. The van der Waals surface area contributed by atoms with E-state index in [2.05, 4.69) is 0 Å². The average Bonchev–Trinajstić information content (AvgIpc) is 2.54. The Bertz CT molecular complexity index is 723. The van der Waals surface area contributed by atoms with E-state index in [-0.39, 0.29) is 17.1 Å². The first-order chi connectivity index (χ1) is 10.5. The molecule has 0 bridgehead atoms. The number of hydrogen-bond acceptors (Lipinski definition) is 4. The largest absolute Gasteiger partial charge is 0.507 e. The van der Waals surface area contributed by atoms with Gasteiger partial charge in [-0.2, -0.15) is 0 Å². The summed E-state index contributed by atoms with van der Waals surface area (Å²) in [4.78, 5) is 12.1. The molecule has 1 N–H and O–H groups in total. The average molecular weight is 319 g/mol. The highest BCUT2D eigenvalue weighted by Crippen LogP contribution is 2.28. The van der Waals surface area contributed by atoms with Gasteiger partial charge < -0.3 is 14.6 Å². The summed E-state index contributed by atoms with van der Waals surface area (Å²) in [6.45, 7) is 0. The van der Waals surface area contributed by atoms with Crippen LogP contribution in [0.15, 0.2) is 42.5 Å². The number of phenolic OH excluding ortho intramolecular Hbond substituents is 1. The highest BCUT2D eigenvalue weighted by molar-refractivity contribution is 6.31. The molecule has 0 spiro atoms. The number of benzene rings is 2. The van der Waals surface area contributed by atoms with E-state index in [4.69, 9.17) is 21.1 Å². The quantitative estimate of drug-likeness (QED) is 0.669. The normalized spacial score (nSPS) is 10.7. The molecule has 114 valence electrons. The molecule has 2 aromatic rings. The molecule has 0 heterocycles. The molecule has 0 amide bonds. The standard InChI is InChI=1S/C17H15ClO4/c1-21-16-8-4-11(9-17(16)22-2)3-6-14(19)13-10-12(18)5-7-15(13)20/h3-10,20H,1-2H3. The summed E-state index contributed by atoms with van der Waals surface area (Å²) in [5.41, 5.74) is 0.928. The fraction of sp³-hybridized carbons (Fsp3) is 0.118. The van der Waals surface area contributed by atoms with Gasteiger partial charge in [-0.1, -0.05) is 23.7 Å². The molecule has 4 nitrogen and oxygen atoms in total. The molecule has 0 aliphatic carbocycles. The number of carbonyl (C=O) groups is 1. The monoisotopic (exact) mass is 318 g/mol. The lowest BCUT2D eigenvalue weighted by Gasteiger charge is -2.07. The molecule has 0 fully saturated rings. The molecule has 2 rings (SSSR count). The first-order valence-corrected chi connectivity index (χ1v) is 6.86. The topological polar surface area (TPSA) is 55.8 Å². The molecule has 22 heavy (non-hydrogen) atoms. The lowest BCUT2D eigenvalue weighted by molar-refractivity contribution is 0.104. The van der Waals surface area contributed by atoms with Gasteiger partial charge in [0.05, 0.1) is 19.8 Å². The summed E-state index contributed by atoms with van der Waals surface area (Å²) in [5.74, 6) is 0.738. The zero-order valence-electron chi connectivity index (χ0n) is 12.2. The summed E-state index contributed by atoms with van der Waals surface area (Å²) in [6, 6.07) is 9.63. The van der Waals surface area contributed by atoms with E-state index in [1.54, 1.807) is 38.5 Å². The minimum absolute atomic E-state index is 0.105. The third-order valence-corrected chi connectivity index (χ3v) is 3.29. The molecule has 0 aliphatic rings. The molecule has 5 heteroatoms. The summed E-state index contributed by atoms with van der Waals surface area (Å²) in [7, 11) is 3.10. The van der Waals surface area contributed by atoms with Crippen LogP contribution in [-0.4, -0.2) is 25.1 Å². The van der Waals surface area contributed by atoms with Gasteiger partial charge in [-0.3, -0.25) is 4.79 Å². The summed E-state index contributed by atoms with van der Waals surface area (Å²) in [6.07, 6.45) is 3.00. The van der Waals surface area contributed by atoms with Crippen molar-refractivity contribution in [2.24, 2.45) is 0 Å². The highest BCUT2D eigenvalue weighted by atomic mass is 35.5. The van der Waals surface area contributed by atoms with Crippen LogP contribution in [-0.2, 0) is 0 Å². The Balaban J connectivity index is 2.24. The van der Waals surface area contributed by atoms with Crippen LogP contribution < -0.4 is 9.47 Å². The second-order valence-corrected chi connectivity index (χ2v) is 4.91. The Hall–Kier alpha value is -2.46. The predicted molar refractivity (Wildman–Crippen MR) is 86.0 cm³/mol. The SMILES string of the molecule is COc1ccc(C=CC(=O)c2cc(Cl)ccc2O)cc1OC. The van der Waals surface area contributed by atoms with Crippen LogP contribution in [0.4, 0.5) is 0 Å². The smallest absolute Gasteiger partial charge is 0.189 e. The number of ether oxygens (including phenoxy) is 2. The van der Waals surface area contributed by atoms with E-state index in [1.165, 1.54) is 24.3 Å². The van der Waals surface area contributed by atoms with Crippen LogP contribution in [0.3, 0.4) is 0 Å². The van der Waals surface area contributed by atoms with E-state index in [0.29, 0.717) is 16.5 Å². The summed E-state index contributed by atoms with van der Waals surface area (Å²) < 4.78 is 10.4. The van der Waals surface area contributed by atoms with E-state index < -0.39 is 0 Å². The van der Waals surface area contributed by atoms with Gasteiger partial charge in [0, 0.05) is 5.02 Å². The lowest BCUT2D eigenvalue weighted by atomic mass is 10.1. The van der Waals surface area contributed by atoms with Crippen LogP contribution in [0.5, 0.6) is 17.2 Å². The molecule has 0 aromatic heterocycles. The van der Waals surface area contributed by atoms with Gasteiger partial charge in [0.15, 0.2) is 17.3 Å². The molecular formula is C17H15ClO4. The predicted octanol–water partition coefficient (Wildman–Crippen LogP) is 3.96. The fourth-order valence-corrected chi connectivity index (χ4v) is 2.10. The van der Waals surface area contributed by atoms with Crippen molar-refractivity contribution in [3.63, 3.8) is 0 Å². The first kappa shape index (κ1) is 15.9. The zero-order valence-corrected chi connectivity index (χ0v) is 12.9. The van der Waals surface area contributed by atoms with Crippen molar-refractivity contribution in [1.29, 1.82) is 0 Å². The third-order valence-electron chi connectivity index (χ3n) is 3.06. The van der Waals surface area contributed by atoms with Crippen LogP contribution in [0.1, 0.15) is 15.9 Å². The summed E-state index contributed by atoms with van der Waals surface area (Å²) in [5, 5.41) is 10.1. The number of ketones is 1. The van der Waals surface area contributed by atoms with Crippen molar-refractivity contribution in [2.45, 2.75) is 0 Å². The molecule has 0 atom stereocenters. The Kier molecular flexibility index (Phi) is 5.07. The minimum atomic E-state index is -0.338. The maximum atomic E-state index is 12.1. The van der Waals surface area contributed by atoms with Gasteiger partial charge >= 0.3 is 0 Å². The van der Waals surface area contributed by atoms with Crippen LogP contribution in [0.2, 0.25) is 5.02 Å². The first-order valence-electron chi connectivity index (χ1n) is 6.48. The number of hydrogen-bond donors (Lipinski definition) is 1. The maximum Gasteiger partial charge on any atom is 0.189 e. The van der Waals surface area contributed by atoms with E-state index in [9.17, 15) is 9.90 Å². The Morgan fingerprint density at radius 3 is 2.50 bits per heavy atom. The second-order valence-electron chi connectivity index (χ2n) is 4.47. The lowest BCUT2D eigenvalue weighted by Crippen LogP contribution is -1.95. The van der Waals surface area contributed by atoms with E-state index in [0.717, 1.165) is 5.56 Å². The number of halogens is 1. The number of carbonyl (C=O) groups excluding carboxylic acids is 1. The number of methoxy groups -OCH3 is 2. The Labute approximate surface area is 133 Å². The molecule has 0 saturated carbocycles. The van der Waals surface area contributed by atoms with Crippen LogP contribution >= 0.6 is 11.6 Å². The third kappa shape index (κ3) is 3.59. The molecule has 0 radical (unpaired) electrons. The number of aromatic hydroxyl groups is 1. The molecule has 0 saturated heterocycles. The number of phenols is 1. The molecule has 2 aromatic carbocycles. The maximum absolute atomic E-state index is 12.1. The molecular weight excluding hydrogens is 304 g/mol. The van der Waals surface area contributed by atoms with Gasteiger partial charge in [-0.15, -0.1) is 0 Å². The zero-order chi connectivity index (χ0) is 16.1. The van der Waals surface area contributed by atoms with Gasteiger partial charge in [-0.05, 0) is 42.0 Å².